The minimum absolute atomic E-state index is 0. The van der Waals surface area contributed by atoms with Crippen LogP contribution in [0.2, 0.25) is 0 Å². The smallest absolute Gasteiger partial charge is 0.854 e. The van der Waals surface area contributed by atoms with Crippen molar-refractivity contribution < 1.29 is 51.7 Å². The summed E-state index contributed by atoms with van der Waals surface area (Å²) in [5.74, 6) is -2.37. The van der Waals surface area contributed by atoms with Crippen LogP contribution in [0.5, 0.6) is 0 Å². The molecule has 186 valence electrons. The molecule has 6 nitrogen and oxygen atoms in total. The van der Waals surface area contributed by atoms with Crippen molar-refractivity contribution >= 4 is 11.9 Å². The maximum atomic E-state index is 10.2. The molecule has 0 amide bonds. The molecule has 0 rings (SSSR count). The molecule has 0 aliphatic heterocycles. The second-order valence-electron chi connectivity index (χ2n) is 7.78. The molecule has 0 aromatic carbocycles. The molecule has 0 N–H and O–H groups in total. The molecule has 0 aliphatic carbocycles. The van der Waals surface area contributed by atoms with Crippen molar-refractivity contribution in [3.05, 3.63) is 24.3 Å². The van der Waals surface area contributed by atoms with Gasteiger partial charge in [0, 0.05) is 0 Å². The van der Waals surface area contributed by atoms with Crippen molar-refractivity contribution in [2.45, 2.75) is 118 Å². The van der Waals surface area contributed by atoms with E-state index in [2.05, 4.69) is 20.1 Å². The average molecular weight is 491 g/mol. The third-order valence-corrected chi connectivity index (χ3v) is 3.69. The van der Waals surface area contributed by atoms with Crippen LogP contribution in [0.4, 0.5) is 0 Å². The first kappa shape index (κ1) is 41.3. The first-order valence-electron chi connectivity index (χ1n) is 11.4. The summed E-state index contributed by atoms with van der Waals surface area (Å²) in [7, 11) is 0. The molecule has 0 heterocycles. The summed E-state index contributed by atoms with van der Waals surface area (Å²) in [4.78, 5) is 19.0. The quantitative estimate of drug-likeness (QED) is 0.209. The standard InChI is InChI=1S/C14H29O.2C4H6O2.C3H7O.Ti/c1-2-3-4-5-6-7-8-9-10-11-12-13-14-15;2*1-3(2)4(5)6;1-3(2)4;/h2-14H2,1H3;2*1H2,2H3,(H,5,6);3H,1-2H3;/q-1;;;-1;+4/p-2. The fourth-order valence-corrected chi connectivity index (χ4v) is 1.94. The van der Waals surface area contributed by atoms with Crippen molar-refractivity contribution in [3.8, 4) is 0 Å². The van der Waals surface area contributed by atoms with Crippen molar-refractivity contribution in [2.75, 3.05) is 6.61 Å². The molecule has 0 aromatic rings. The SMILES string of the molecule is C=C(C)C(=O)[O-].C=C(C)C(=O)[O-].CC(C)[O-].CCCCCCCCCCCCCC[O-].[Ti+4]. The Morgan fingerprint density at radius 1 is 0.688 bits per heavy atom. The molecule has 7 heteroatoms. The van der Waals surface area contributed by atoms with E-state index in [1.165, 1.54) is 78.1 Å². The van der Waals surface area contributed by atoms with Gasteiger partial charge in [-0.15, -0.1) is 12.7 Å². The summed E-state index contributed by atoms with van der Waals surface area (Å²) in [6, 6.07) is 0. The second kappa shape index (κ2) is 34.7. The Labute approximate surface area is 212 Å². The number of rotatable bonds is 14. The Morgan fingerprint density at radius 2 is 0.875 bits per heavy atom. The fourth-order valence-electron chi connectivity index (χ4n) is 1.94. The third kappa shape index (κ3) is 63.0. The van der Waals surface area contributed by atoms with Crippen LogP contribution in [-0.2, 0) is 31.3 Å². The van der Waals surface area contributed by atoms with E-state index in [1.807, 2.05) is 0 Å². The van der Waals surface area contributed by atoms with Crippen LogP contribution >= 0.6 is 0 Å². The van der Waals surface area contributed by atoms with Gasteiger partial charge < -0.3 is 30.0 Å². The molecule has 0 bridgehead atoms. The van der Waals surface area contributed by atoms with Gasteiger partial charge in [-0.05, 0) is 25.0 Å². The van der Waals surface area contributed by atoms with Gasteiger partial charge in [0.2, 0.25) is 0 Å². The van der Waals surface area contributed by atoms with Gasteiger partial charge in [0.15, 0.2) is 0 Å². The normalized spacial score (nSPS) is 9.00. The molecule has 0 aromatic heterocycles. The molecule has 0 saturated heterocycles. The predicted molar refractivity (Wildman–Crippen MR) is 121 cm³/mol. The van der Waals surface area contributed by atoms with Crippen LogP contribution in [0.15, 0.2) is 24.3 Å². The van der Waals surface area contributed by atoms with E-state index < -0.39 is 18.0 Å². The summed E-state index contributed by atoms with van der Waals surface area (Å²) in [6.07, 6.45) is 15.5. The van der Waals surface area contributed by atoms with Gasteiger partial charge in [-0.2, -0.15) is 0 Å². The Bertz CT molecular complexity index is 373. The molecule has 0 unspecified atom stereocenters. The Balaban J connectivity index is -0.000000118. The maximum absolute atomic E-state index is 10.2. The van der Waals surface area contributed by atoms with Gasteiger partial charge >= 0.3 is 21.7 Å². The van der Waals surface area contributed by atoms with Gasteiger partial charge in [-0.3, -0.25) is 0 Å². The zero-order valence-corrected chi connectivity index (χ0v) is 22.7. The number of hydrogen-bond acceptors (Lipinski definition) is 6. The Morgan fingerprint density at radius 3 is 1.03 bits per heavy atom. The summed E-state index contributed by atoms with van der Waals surface area (Å²) < 4.78 is 0. The second-order valence-corrected chi connectivity index (χ2v) is 7.78. The van der Waals surface area contributed by atoms with Gasteiger partial charge in [-0.1, -0.05) is 111 Å². The number of unbranched alkanes of at least 4 members (excludes halogenated alkanes) is 11. The number of aliphatic carboxylic acids is 2. The Hall–Kier alpha value is -0.946. The summed E-state index contributed by atoms with van der Waals surface area (Å²) >= 11 is 0. The van der Waals surface area contributed by atoms with E-state index in [-0.39, 0.29) is 39.5 Å². The maximum Gasteiger partial charge on any atom is 4.00 e. The monoisotopic (exact) mass is 490 g/mol. The first-order valence-corrected chi connectivity index (χ1v) is 11.4. The number of hydrogen-bond donors (Lipinski definition) is 0. The number of carbonyl (C=O) groups excluding carboxylic acids is 2. The molecular formula is C25H46O6Ti. The van der Waals surface area contributed by atoms with Crippen LogP contribution in [-0.4, -0.2) is 24.6 Å². The molecular weight excluding hydrogens is 444 g/mol. The van der Waals surface area contributed by atoms with Crippen LogP contribution < -0.4 is 20.4 Å². The Kier molecular flexibility index (Phi) is 44.8. The minimum atomic E-state index is -1.19. The minimum Gasteiger partial charge on any atom is -0.854 e. The van der Waals surface area contributed by atoms with E-state index in [0.29, 0.717) is 0 Å². The largest absolute Gasteiger partial charge is 4.00 e. The van der Waals surface area contributed by atoms with Crippen molar-refractivity contribution in [1.82, 2.24) is 0 Å². The predicted octanol–water partition coefficient (Wildman–Crippen LogP) is 2.43. The van der Waals surface area contributed by atoms with Crippen molar-refractivity contribution in [3.63, 3.8) is 0 Å². The molecule has 0 saturated carbocycles. The van der Waals surface area contributed by atoms with E-state index >= 15 is 0 Å². The molecule has 0 aliphatic rings. The van der Waals surface area contributed by atoms with Gasteiger partial charge in [-0.25, -0.2) is 0 Å². The summed E-state index contributed by atoms with van der Waals surface area (Å²) in [6.45, 7) is 14.6. The van der Waals surface area contributed by atoms with E-state index in [0.717, 1.165) is 12.8 Å². The third-order valence-electron chi connectivity index (χ3n) is 3.69. The number of carboxylic acid groups (broad SMARTS) is 2. The van der Waals surface area contributed by atoms with Gasteiger partial charge in [0.1, 0.15) is 0 Å². The van der Waals surface area contributed by atoms with Crippen LogP contribution in [0, 0.1) is 0 Å². The first-order chi connectivity index (χ1) is 14.4. The molecule has 0 spiro atoms. The molecule has 0 radical (unpaired) electrons. The van der Waals surface area contributed by atoms with Crippen LogP contribution in [0.3, 0.4) is 0 Å². The van der Waals surface area contributed by atoms with Crippen LogP contribution in [0.1, 0.15) is 112 Å². The molecule has 0 atom stereocenters. The zero-order valence-electron chi connectivity index (χ0n) is 21.1. The van der Waals surface area contributed by atoms with E-state index in [9.17, 15) is 30.0 Å². The van der Waals surface area contributed by atoms with Gasteiger partial charge in [0.25, 0.3) is 0 Å². The number of carbonyl (C=O) groups is 2. The van der Waals surface area contributed by atoms with Crippen molar-refractivity contribution in [2.24, 2.45) is 0 Å². The van der Waals surface area contributed by atoms with Crippen molar-refractivity contribution in [1.29, 1.82) is 0 Å². The fraction of sp³-hybridized carbons (Fsp3) is 0.760. The van der Waals surface area contributed by atoms with E-state index in [1.54, 1.807) is 13.8 Å². The molecule has 0 fully saturated rings. The summed E-state index contributed by atoms with van der Waals surface area (Å²) in [5.41, 5.74) is 0.130. The summed E-state index contributed by atoms with van der Waals surface area (Å²) in [5, 5.41) is 38.7. The average Bonchev–Trinajstić information content (AvgIpc) is 2.66. The zero-order chi connectivity index (χ0) is 25.1. The van der Waals surface area contributed by atoms with Crippen LogP contribution in [0.25, 0.3) is 0 Å². The van der Waals surface area contributed by atoms with E-state index in [4.69, 9.17) is 0 Å². The molecule has 32 heavy (non-hydrogen) atoms. The topological polar surface area (TPSA) is 126 Å². The van der Waals surface area contributed by atoms with Gasteiger partial charge in [0.05, 0.1) is 11.9 Å². The number of carboxylic acids is 2.